The van der Waals surface area contributed by atoms with E-state index >= 15 is 4.57 Å². The summed E-state index contributed by atoms with van der Waals surface area (Å²) in [5.41, 5.74) is 0.899. The summed E-state index contributed by atoms with van der Waals surface area (Å²) in [5, 5.41) is 0.857. The number of carbonyl (C=O) groups excluding carboxylic acids is 4. The van der Waals surface area contributed by atoms with Crippen LogP contribution >= 0.6 is 24.3 Å². The average Bonchev–Trinajstić information content (AvgIpc) is 3.30. The summed E-state index contributed by atoms with van der Waals surface area (Å²) in [6, 6.07) is 48.1. The fourth-order valence-electron chi connectivity index (χ4n) is 5.87. The lowest BCUT2D eigenvalue weighted by molar-refractivity contribution is 0.111. The minimum absolute atomic E-state index is 0.104. The fraction of sp³-hybridized carbons (Fsp3) is 0. The number of hydrogen-bond donors (Lipinski definition) is 0. The molecular weight excluding hydrogens is 821 g/mol. The normalized spacial score (nSPS) is 11.0. The van der Waals surface area contributed by atoms with Crippen LogP contribution in [0.15, 0.2) is 176 Å². The van der Waals surface area contributed by atoms with Crippen LogP contribution < -0.4 is 43.1 Å². The Kier molecular flexibility index (Phi) is 13.6. The van der Waals surface area contributed by atoms with Gasteiger partial charge in [-0.15, -0.1) is 0 Å². The largest absolute Gasteiger partial charge is 0.530 e. The Morgan fingerprint density at radius 2 is 0.567 bits per heavy atom. The Hall–Kier alpha value is -6.89. The number of carbonyl (C=O) groups is 4. The van der Waals surface area contributed by atoms with Crippen molar-refractivity contribution >= 4 is 65.4 Å². The summed E-state index contributed by atoms with van der Waals surface area (Å²) in [4.78, 5) is 48.0. The van der Waals surface area contributed by atoms with Gasteiger partial charge in [0.05, 0.1) is 32.9 Å². The van der Waals surface area contributed by atoms with Gasteiger partial charge in [0, 0.05) is 5.30 Å². The Labute approximate surface area is 347 Å². The lowest BCUT2D eigenvalue weighted by Gasteiger charge is -2.26. The highest BCUT2D eigenvalue weighted by molar-refractivity contribution is 7.85. The SMILES string of the molecule is O=Cc1ccccc1OP(Oc1ccccc1C=O)Oc1ccccc1P(=O)(c1ccccc1)c1ccccc1OP(Oc1ccccc1C=O)Oc1ccccc1C=O. The summed E-state index contributed by atoms with van der Waals surface area (Å²) in [6.07, 6.45) is 2.53. The van der Waals surface area contributed by atoms with Crippen LogP contribution in [0, 0.1) is 0 Å². The average molecular weight is 855 g/mol. The Morgan fingerprint density at radius 1 is 0.317 bits per heavy atom. The summed E-state index contributed by atoms with van der Waals surface area (Å²) >= 11 is 0. The molecule has 0 unspecified atom stereocenters. The van der Waals surface area contributed by atoms with Crippen molar-refractivity contribution in [3.05, 3.63) is 198 Å². The van der Waals surface area contributed by atoms with E-state index in [2.05, 4.69) is 0 Å². The standard InChI is InChI=1S/C46H33O11P3/c47-30-34-16-4-8-22-39(34)52-58(53-40-23-9-5-17-35(40)31-48)56-43-26-12-14-28-45(43)60(51,38-20-2-1-3-21-38)46-29-15-13-27-44(46)57-59(54-41-24-10-6-18-36(41)32-49)55-42-25-11-7-19-37(42)33-50/h1-33H. The second-order valence-corrected chi connectivity index (χ2v) is 17.2. The van der Waals surface area contributed by atoms with E-state index in [-0.39, 0.29) is 67.4 Å². The molecule has 0 spiro atoms. The number of benzene rings is 7. The molecule has 0 aromatic heterocycles. The molecule has 0 saturated carbocycles. The molecule has 7 aromatic carbocycles. The molecule has 14 heteroatoms. The van der Waals surface area contributed by atoms with Gasteiger partial charge in [0.2, 0.25) is 0 Å². The van der Waals surface area contributed by atoms with Crippen molar-refractivity contribution in [3.63, 3.8) is 0 Å². The van der Waals surface area contributed by atoms with E-state index < -0.39 is 24.3 Å². The lowest BCUT2D eigenvalue weighted by Crippen LogP contribution is -2.27. The van der Waals surface area contributed by atoms with Crippen molar-refractivity contribution in [1.29, 1.82) is 0 Å². The molecule has 0 aliphatic rings. The van der Waals surface area contributed by atoms with Crippen molar-refractivity contribution in [2.45, 2.75) is 0 Å². The van der Waals surface area contributed by atoms with Gasteiger partial charge < -0.3 is 31.7 Å². The highest BCUT2D eigenvalue weighted by Gasteiger charge is 2.38. The number of aldehydes is 4. The third-order valence-electron chi connectivity index (χ3n) is 8.75. The van der Waals surface area contributed by atoms with Crippen LogP contribution in [0.25, 0.3) is 0 Å². The van der Waals surface area contributed by atoms with Gasteiger partial charge in [0.1, 0.15) is 34.5 Å². The van der Waals surface area contributed by atoms with Gasteiger partial charge in [-0.3, -0.25) is 19.2 Å². The molecule has 0 fully saturated rings. The molecule has 298 valence electrons. The van der Waals surface area contributed by atoms with Gasteiger partial charge in [0.25, 0.3) is 0 Å². The van der Waals surface area contributed by atoms with E-state index in [4.69, 9.17) is 27.1 Å². The maximum absolute atomic E-state index is 16.4. The molecule has 7 aromatic rings. The highest BCUT2D eigenvalue weighted by Crippen LogP contribution is 2.52. The quantitative estimate of drug-likeness (QED) is 0.0567. The van der Waals surface area contributed by atoms with Gasteiger partial charge in [0.15, 0.2) is 32.3 Å². The summed E-state index contributed by atoms with van der Waals surface area (Å²) in [7, 11) is -9.00. The molecule has 0 radical (unpaired) electrons. The van der Waals surface area contributed by atoms with Crippen molar-refractivity contribution < 1.29 is 50.9 Å². The van der Waals surface area contributed by atoms with Crippen molar-refractivity contribution in [3.8, 4) is 34.5 Å². The zero-order valence-corrected chi connectivity index (χ0v) is 34.1. The molecule has 11 nitrogen and oxygen atoms in total. The van der Waals surface area contributed by atoms with Gasteiger partial charge in [-0.1, -0.05) is 103 Å². The summed E-state index contributed by atoms with van der Waals surface area (Å²) in [5.74, 6) is 0.839. The second-order valence-electron chi connectivity index (χ2n) is 12.5. The first-order valence-corrected chi connectivity index (χ1v) is 22.0. The van der Waals surface area contributed by atoms with Crippen molar-refractivity contribution in [2.24, 2.45) is 0 Å². The highest BCUT2D eigenvalue weighted by atomic mass is 31.2. The predicted octanol–water partition coefficient (Wildman–Crippen LogP) is 10.1. The predicted molar refractivity (Wildman–Crippen MR) is 231 cm³/mol. The summed E-state index contributed by atoms with van der Waals surface area (Å²) < 4.78 is 54.4. The lowest BCUT2D eigenvalue weighted by atomic mass is 10.2. The van der Waals surface area contributed by atoms with Crippen LogP contribution in [0.2, 0.25) is 0 Å². The van der Waals surface area contributed by atoms with Gasteiger partial charge >= 0.3 is 17.2 Å². The van der Waals surface area contributed by atoms with E-state index in [1.807, 2.05) is 0 Å². The number of rotatable bonds is 19. The molecule has 0 bridgehead atoms. The Balaban J connectivity index is 1.34. The zero-order chi connectivity index (χ0) is 41.7. The number of hydrogen-bond acceptors (Lipinski definition) is 11. The van der Waals surface area contributed by atoms with Crippen LogP contribution in [0.4, 0.5) is 0 Å². The molecule has 0 heterocycles. The van der Waals surface area contributed by atoms with Gasteiger partial charge in [-0.25, -0.2) is 0 Å². The van der Waals surface area contributed by atoms with Crippen molar-refractivity contribution in [1.82, 2.24) is 0 Å². The number of para-hydroxylation sites is 6. The summed E-state index contributed by atoms with van der Waals surface area (Å²) in [6.45, 7) is 0. The van der Waals surface area contributed by atoms with Crippen LogP contribution in [-0.4, -0.2) is 25.1 Å². The molecule has 0 amide bonds. The van der Waals surface area contributed by atoms with E-state index in [1.165, 1.54) is 0 Å². The molecule has 0 saturated heterocycles. The second kappa shape index (κ2) is 19.7. The van der Waals surface area contributed by atoms with Crippen LogP contribution in [0.1, 0.15) is 41.4 Å². The maximum atomic E-state index is 16.4. The van der Waals surface area contributed by atoms with E-state index in [9.17, 15) is 19.2 Å². The van der Waals surface area contributed by atoms with Gasteiger partial charge in [-0.05, 0) is 72.8 Å². The first-order chi connectivity index (χ1) is 29.4. The Bertz CT molecular complexity index is 2410. The van der Waals surface area contributed by atoms with E-state index in [0.29, 0.717) is 30.4 Å². The molecule has 0 aliphatic heterocycles. The zero-order valence-electron chi connectivity index (χ0n) is 31.4. The van der Waals surface area contributed by atoms with Crippen LogP contribution in [0.5, 0.6) is 34.5 Å². The van der Waals surface area contributed by atoms with Gasteiger partial charge in [-0.2, -0.15) is 0 Å². The third kappa shape index (κ3) is 9.36. The minimum Gasteiger partial charge on any atom is -0.408 e. The monoisotopic (exact) mass is 854 g/mol. The van der Waals surface area contributed by atoms with E-state index in [0.717, 1.165) is 0 Å². The Morgan fingerprint density at radius 3 is 0.883 bits per heavy atom. The molecular formula is C46H33O11P3. The molecule has 0 N–H and O–H groups in total. The first-order valence-electron chi connectivity index (χ1n) is 18.1. The van der Waals surface area contributed by atoms with Crippen LogP contribution in [0.3, 0.4) is 0 Å². The van der Waals surface area contributed by atoms with Crippen LogP contribution in [-0.2, 0) is 4.57 Å². The van der Waals surface area contributed by atoms with E-state index in [1.54, 1.807) is 176 Å². The molecule has 0 atom stereocenters. The van der Waals surface area contributed by atoms with Crippen molar-refractivity contribution in [2.75, 3.05) is 0 Å². The fourth-order valence-corrected chi connectivity index (χ4v) is 11.0. The smallest absolute Gasteiger partial charge is 0.408 e. The third-order valence-corrected chi connectivity index (χ3v) is 13.9. The molecule has 0 aliphatic carbocycles. The topological polar surface area (TPSA) is 141 Å². The molecule has 7 rings (SSSR count). The maximum Gasteiger partial charge on any atom is 0.530 e. The first kappa shape index (κ1) is 41.3. The minimum atomic E-state index is -4.03. The molecule has 60 heavy (non-hydrogen) atoms.